The van der Waals surface area contributed by atoms with Gasteiger partial charge in [-0.3, -0.25) is 4.79 Å². The van der Waals surface area contributed by atoms with Gasteiger partial charge in [0, 0.05) is 5.56 Å². The highest BCUT2D eigenvalue weighted by Gasteiger charge is 2.31. The van der Waals surface area contributed by atoms with Gasteiger partial charge < -0.3 is 10.6 Å². The molecular formula is C19H18F4N5O+. The lowest BCUT2D eigenvalue weighted by Gasteiger charge is -2.15. The molecule has 6 nitrogen and oxygen atoms in total. The summed E-state index contributed by atoms with van der Waals surface area (Å²) >= 11 is 0. The molecule has 0 aliphatic carbocycles. The van der Waals surface area contributed by atoms with Crippen molar-refractivity contribution in [2.75, 3.05) is 11.9 Å². The van der Waals surface area contributed by atoms with Crippen LogP contribution in [0.25, 0.3) is 5.69 Å². The normalized spacial score (nSPS) is 12.6. The van der Waals surface area contributed by atoms with Gasteiger partial charge in [0.2, 0.25) is 0 Å². The molecular weight excluding hydrogens is 390 g/mol. The lowest BCUT2D eigenvalue weighted by atomic mass is 10.1. The van der Waals surface area contributed by atoms with Crippen molar-refractivity contribution in [1.82, 2.24) is 14.8 Å². The molecule has 0 unspecified atom stereocenters. The number of carbonyl (C=O) groups excluding carboxylic acids is 1. The van der Waals surface area contributed by atoms with E-state index < -0.39 is 17.6 Å². The molecule has 0 saturated carbocycles. The topological polar surface area (TPSA) is 76.4 Å². The monoisotopic (exact) mass is 408 g/mol. The summed E-state index contributed by atoms with van der Waals surface area (Å²) in [6, 6.07) is 8.80. The molecule has 10 heteroatoms. The van der Waals surface area contributed by atoms with E-state index >= 15 is 0 Å². The van der Waals surface area contributed by atoms with Crippen LogP contribution < -0.4 is 10.6 Å². The van der Waals surface area contributed by atoms with Gasteiger partial charge in [0.15, 0.2) is 6.54 Å². The van der Waals surface area contributed by atoms with Crippen molar-refractivity contribution >= 4 is 11.6 Å². The SMILES string of the molecule is C[C@@H]([NH2+]CC(=O)Nc1cc(C(F)(F)F)ccc1-n1cncn1)c1ccccc1F. The van der Waals surface area contributed by atoms with Crippen LogP contribution in [-0.4, -0.2) is 27.2 Å². The fraction of sp³-hybridized carbons (Fsp3) is 0.211. The number of benzene rings is 2. The molecule has 29 heavy (non-hydrogen) atoms. The van der Waals surface area contributed by atoms with Gasteiger partial charge in [-0.05, 0) is 31.2 Å². The predicted molar refractivity (Wildman–Crippen MR) is 96.6 cm³/mol. The van der Waals surface area contributed by atoms with Crippen LogP contribution in [0.2, 0.25) is 0 Å². The second-order valence-electron chi connectivity index (χ2n) is 6.37. The standard InChI is InChI=1S/C19H17F4N5O/c1-12(14-4-2-3-5-15(14)20)25-9-18(29)27-16-8-13(19(21,22)23)6-7-17(16)28-11-24-10-26-28/h2-8,10-12,25H,9H2,1H3,(H,27,29)/p+1/t12-/m1/s1. The number of aromatic nitrogens is 3. The number of amides is 1. The van der Waals surface area contributed by atoms with Crippen LogP contribution in [0.1, 0.15) is 24.1 Å². The third kappa shape index (κ3) is 4.96. The van der Waals surface area contributed by atoms with Crippen molar-refractivity contribution in [2.45, 2.75) is 19.1 Å². The summed E-state index contributed by atoms with van der Waals surface area (Å²) in [5.74, 6) is -0.920. The van der Waals surface area contributed by atoms with Crippen molar-refractivity contribution in [3.63, 3.8) is 0 Å². The smallest absolute Gasteiger partial charge is 0.332 e. The minimum atomic E-state index is -4.56. The molecule has 0 aliphatic heterocycles. The number of rotatable bonds is 6. The fourth-order valence-electron chi connectivity index (χ4n) is 2.80. The largest absolute Gasteiger partial charge is 0.416 e. The summed E-state index contributed by atoms with van der Waals surface area (Å²) < 4.78 is 54.3. The third-order valence-electron chi connectivity index (χ3n) is 4.32. The van der Waals surface area contributed by atoms with Crippen LogP contribution in [-0.2, 0) is 11.0 Å². The quantitative estimate of drug-likeness (QED) is 0.616. The van der Waals surface area contributed by atoms with E-state index in [1.807, 2.05) is 0 Å². The fourth-order valence-corrected chi connectivity index (χ4v) is 2.80. The number of halogens is 4. The average molecular weight is 408 g/mol. The van der Waals surface area contributed by atoms with Crippen molar-refractivity contribution in [2.24, 2.45) is 0 Å². The molecule has 152 valence electrons. The molecule has 0 spiro atoms. The van der Waals surface area contributed by atoms with Crippen LogP contribution >= 0.6 is 0 Å². The third-order valence-corrected chi connectivity index (χ3v) is 4.32. The average Bonchev–Trinajstić information content (AvgIpc) is 3.20. The van der Waals surface area contributed by atoms with Gasteiger partial charge in [0.25, 0.3) is 5.91 Å². The van der Waals surface area contributed by atoms with Crippen molar-refractivity contribution in [1.29, 1.82) is 0 Å². The number of nitrogens with two attached hydrogens (primary N) is 1. The Morgan fingerprint density at radius 3 is 2.66 bits per heavy atom. The molecule has 1 atom stereocenters. The molecule has 1 amide bonds. The van der Waals surface area contributed by atoms with Crippen molar-refractivity contribution in [3.05, 3.63) is 72.1 Å². The predicted octanol–water partition coefficient (Wildman–Crippen LogP) is 2.69. The van der Waals surface area contributed by atoms with Gasteiger partial charge in [0.05, 0.1) is 16.9 Å². The van der Waals surface area contributed by atoms with E-state index in [0.717, 1.165) is 12.1 Å². The maximum absolute atomic E-state index is 13.8. The molecule has 1 aromatic heterocycles. The zero-order chi connectivity index (χ0) is 21.0. The highest BCUT2D eigenvalue weighted by Crippen LogP contribution is 2.33. The number of alkyl halides is 3. The van der Waals surface area contributed by atoms with Crippen molar-refractivity contribution in [3.8, 4) is 5.69 Å². The molecule has 3 rings (SSSR count). The first kappa shape index (κ1) is 20.5. The van der Waals surface area contributed by atoms with Crippen LogP contribution in [0.3, 0.4) is 0 Å². The van der Waals surface area contributed by atoms with E-state index in [1.54, 1.807) is 30.4 Å². The molecule has 0 saturated heterocycles. The molecule has 0 aliphatic rings. The van der Waals surface area contributed by atoms with E-state index in [1.165, 1.54) is 29.5 Å². The van der Waals surface area contributed by atoms with E-state index in [4.69, 9.17) is 0 Å². The first-order chi connectivity index (χ1) is 13.8. The summed E-state index contributed by atoms with van der Waals surface area (Å²) in [4.78, 5) is 16.1. The van der Waals surface area contributed by atoms with Crippen molar-refractivity contribution < 1.29 is 27.7 Å². The van der Waals surface area contributed by atoms with Gasteiger partial charge in [-0.1, -0.05) is 18.2 Å². The van der Waals surface area contributed by atoms with E-state index in [-0.39, 0.29) is 29.8 Å². The Labute approximate surface area is 163 Å². The molecule has 0 bridgehead atoms. The van der Waals surface area contributed by atoms with E-state index in [0.29, 0.717) is 5.56 Å². The highest BCUT2D eigenvalue weighted by molar-refractivity contribution is 5.93. The molecule has 3 aromatic rings. The number of nitrogens with zero attached hydrogens (tertiary/aromatic N) is 3. The Morgan fingerprint density at radius 1 is 1.24 bits per heavy atom. The summed E-state index contributed by atoms with van der Waals surface area (Å²) in [7, 11) is 0. The maximum Gasteiger partial charge on any atom is 0.416 e. The Balaban J connectivity index is 1.76. The summed E-state index contributed by atoms with van der Waals surface area (Å²) in [6.45, 7) is 1.62. The first-order valence-electron chi connectivity index (χ1n) is 8.69. The lowest BCUT2D eigenvalue weighted by molar-refractivity contribution is -0.682. The number of nitrogens with one attached hydrogen (secondary N) is 1. The number of quaternary nitrogens is 1. The van der Waals surface area contributed by atoms with Gasteiger partial charge in [-0.15, -0.1) is 0 Å². The molecule has 1 heterocycles. The molecule has 0 radical (unpaired) electrons. The van der Waals surface area contributed by atoms with Gasteiger partial charge >= 0.3 is 6.18 Å². The minimum Gasteiger partial charge on any atom is -0.332 e. The highest BCUT2D eigenvalue weighted by atomic mass is 19.4. The van der Waals surface area contributed by atoms with Crippen LogP contribution in [0.4, 0.5) is 23.2 Å². The zero-order valence-electron chi connectivity index (χ0n) is 15.3. The van der Waals surface area contributed by atoms with Gasteiger partial charge in [-0.2, -0.15) is 18.3 Å². The minimum absolute atomic E-state index is 0.0535. The number of hydrogen-bond acceptors (Lipinski definition) is 3. The number of anilines is 1. The number of carbonyl (C=O) groups is 1. The summed E-state index contributed by atoms with van der Waals surface area (Å²) in [5, 5.41) is 7.97. The number of hydrogen-bond donors (Lipinski definition) is 2. The second-order valence-corrected chi connectivity index (χ2v) is 6.37. The molecule has 3 N–H and O–H groups in total. The van der Waals surface area contributed by atoms with Crippen LogP contribution in [0, 0.1) is 5.82 Å². The summed E-state index contributed by atoms with van der Waals surface area (Å²) in [5.41, 5.74) is -0.281. The Hall–Kier alpha value is -3.27. The molecule has 2 aromatic carbocycles. The Bertz CT molecular complexity index is 989. The van der Waals surface area contributed by atoms with Crippen LogP contribution in [0.5, 0.6) is 0 Å². The van der Waals surface area contributed by atoms with Crippen LogP contribution in [0.15, 0.2) is 55.1 Å². The van der Waals surface area contributed by atoms with Gasteiger partial charge in [0.1, 0.15) is 24.5 Å². The Kier molecular flexibility index (Phi) is 5.92. The second kappa shape index (κ2) is 8.39. The molecule has 0 fully saturated rings. The summed E-state index contributed by atoms with van der Waals surface area (Å²) in [6.07, 6.45) is -2.02. The zero-order valence-corrected chi connectivity index (χ0v) is 15.3. The maximum atomic E-state index is 13.8. The van der Waals surface area contributed by atoms with Gasteiger partial charge in [-0.25, -0.2) is 14.1 Å². The van der Waals surface area contributed by atoms with E-state index in [2.05, 4.69) is 15.4 Å². The lowest BCUT2D eigenvalue weighted by Crippen LogP contribution is -2.86. The van der Waals surface area contributed by atoms with E-state index in [9.17, 15) is 22.4 Å². The Morgan fingerprint density at radius 2 is 2.00 bits per heavy atom. The first-order valence-corrected chi connectivity index (χ1v) is 8.69.